The number of nitrogens with zero attached hydrogens (tertiary/aromatic N) is 2. The minimum Gasteiger partial charge on any atom is -0.494 e. The average Bonchev–Trinajstić information content (AvgIpc) is 2.79. The molecule has 3 rings (SSSR count). The van der Waals surface area contributed by atoms with E-state index in [1.54, 1.807) is 6.07 Å². The number of fused-ring (bicyclic) bond motifs is 1. The number of rotatable bonds is 11. The second-order valence-electron chi connectivity index (χ2n) is 7.48. The summed E-state index contributed by atoms with van der Waals surface area (Å²) >= 11 is 0. The number of halogens is 3. The van der Waals surface area contributed by atoms with Crippen molar-refractivity contribution < 1.29 is 27.4 Å². The number of ether oxygens (including phenoxy) is 3. The molecule has 5 nitrogen and oxygen atoms in total. The van der Waals surface area contributed by atoms with Crippen molar-refractivity contribution in [3.8, 4) is 28.5 Å². The molecular formula is C25H29F3N2O3. The van der Waals surface area contributed by atoms with Gasteiger partial charge in [0.2, 0.25) is 0 Å². The van der Waals surface area contributed by atoms with Gasteiger partial charge in [0, 0.05) is 23.6 Å². The van der Waals surface area contributed by atoms with Crippen LogP contribution in [-0.4, -0.2) is 49.1 Å². The lowest BCUT2D eigenvalue weighted by atomic mass is 10.1. The van der Waals surface area contributed by atoms with E-state index in [4.69, 9.17) is 9.47 Å². The van der Waals surface area contributed by atoms with Gasteiger partial charge in [0.05, 0.1) is 17.8 Å². The summed E-state index contributed by atoms with van der Waals surface area (Å²) in [7, 11) is 0. The SMILES string of the molecule is CCCOc1ccc(-c2cc(OCCN(CC)CC)c3cc(OC(F)(F)F)ccc3n2)cc1. The van der Waals surface area contributed by atoms with Gasteiger partial charge < -0.3 is 19.1 Å². The van der Waals surface area contributed by atoms with Crippen molar-refractivity contribution in [3.63, 3.8) is 0 Å². The lowest BCUT2D eigenvalue weighted by molar-refractivity contribution is -0.274. The van der Waals surface area contributed by atoms with E-state index >= 15 is 0 Å². The maximum Gasteiger partial charge on any atom is 0.573 e. The average molecular weight is 463 g/mol. The molecule has 8 heteroatoms. The molecule has 0 aliphatic rings. The summed E-state index contributed by atoms with van der Waals surface area (Å²) in [5.74, 6) is 0.919. The minimum absolute atomic E-state index is 0.310. The molecule has 0 atom stereocenters. The van der Waals surface area contributed by atoms with E-state index in [1.165, 1.54) is 18.2 Å². The van der Waals surface area contributed by atoms with Crippen molar-refractivity contribution in [2.75, 3.05) is 32.8 Å². The molecule has 0 saturated heterocycles. The van der Waals surface area contributed by atoms with Crippen molar-refractivity contribution in [2.45, 2.75) is 33.6 Å². The number of hydrogen-bond donors (Lipinski definition) is 0. The van der Waals surface area contributed by atoms with Crippen LogP contribution in [0.2, 0.25) is 0 Å². The van der Waals surface area contributed by atoms with Crippen molar-refractivity contribution in [1.29, 1.82) is 0 Å². The maximum atomic E-state index is 12.7. The van der Waals surface area contributed by atoms with E-state index in [0.29, 0.717) is 42.1 Å². The first-order chi connectivity index (χ1) is 15.8. The predicted octanol–water partition coefficient (Wildman–Crippen LogP) is 6.31. The standard InChI is InChI=1S/C25H29F3N2O3/c1-4-14-31-19-9-7-18(8-10-19)23-17-24(32-15-13-30(5-2)6-3)21-16-20(33-25(26,27)28)11-12-22(21)29-23/h7-12,16-17H,4-6,13-15H2,1-3H3. The normalized spacial score (nSPS) is 11.7. The summed E-state index contributed by atoms with van der Waals surface area (Å²) in [6, 6.07) is 13.4. The lowest BCUT2D eigenvalue weighted by Gasteiger charge is -2.19. The van der Waals surface area contributed by atoms with E-state index in [0.717, 1.165) is 30.8 Å². The van der Waals surface area contributed by atoms with E-state index in [1.807, 2.05) is 31.2 Å². The van der Waals surface area contributed by atoms with Crippen LogP contribution in [0.1, 0.15) is 27.2 Å². The fourth-order valence-corrected chi connectivity index (χ4v) is 3.40. The third-order valence-corrected chi connectivity index (χ3v) is 5.16. The molecule has 0 aliphatic carbocycles. The highest BCUT2D eigenvalue weighted by Gasteiger charge is 2.31. The number of pyridine rings is 1. The summed E-state index contributed by atoms with van der Waals surface area (Å²) in [5.41, 5.74) is 2.03. The number of aromatic nitrogens is 1. The highest BCUT2D eigenvalue weighted by molar-refractivity contribution is 5.89. The van der Waals surface area contributed by atoms with Gasteiger partial charge in [0.15, 0.2) is 0 Å². The van der Waals surface area contributed by atoms with Crippen LogP contribution in [0.4, 0.5) is 13.2 Å². The monoisotopic (exact) mass is 462 g/mol. The zero-order valence-electron chi connectivity index (χ0n) is 19.1. The van der Waals surface area contributed by atoms with Crippen LogP contribution in [0.15, 0.2) is 48.5 Å². The number of likely N-dealkylation sites (N-methyl/N-ethyl adjacent to an activating group) is 1. The smallest absolute Gasteiger partial charge is 0.494 e. The predicted molar refractivity (Wildman–Crippen MR) is 123 cm³/mol. The Bertz CT molecular complexity index is 1040. The molecule has 0 amide bonds. The Labute approximate surface area is 192 Å². The van der Waals surface area contributed by atoms with Crippen molar-refractivity contribution in [1.82, 2.24) is 9.88 Å². The number of benzene rings is 2. The molecular weight excluding hydrogens is 433 g/mol. The Hall–Kier alpha value is -3.00. The molecule has 0 unspecified atom stereocenters. The zero-order chi connectivity index (χ0) is 23.8. The van der Waals surface area contributed by atoms with Gasteiger partial charge in [-0.3, -0.25) is 0 Å². The van der Waals surface area contributed by atoms with Gasteiger partial charge in [-0.15, -0.1) is 13.2 Å². The van der Waals surface area contributed by atoms with Crippen LogP contribution in [0.3, 0.4) is 0 Å². The number of hydrogen-bond acceptors (Lipinski definition) is 5. The highest BCUT2D eigenvalue weighted by atomic mass is 19.4. The Morgan fingerprint density at radius 1 is 0.848 bits per heavy atom. The Morgan fingerprint density at radius 2 is 1.55 bits per heavy atom. The summed E-state index contributed by atoms with van der Waals surface area (Å²) in [4.78, 5) is 6.85. The molecule has 2 aromatic carbocycles. The summed E-state index contributed by atoms with van der Waals surface area (Å²) in [6.45, 7) is 9.69. The molecule has 0 aliphatic heterocycles. The molecule has 0 N–H and O–H groups in total. The van der Waals surface area contributed by atoms with E-state index in [2.05, 4.69) is 28.5 Å². The summed E-state index contributed by atoms with van der Waals surface area (Å²) in [5, 5.41) is 0.461. The molecule has 0 fully saturated rings. The van der Waals surface area contributed by atoms with Gasteiger partial charge >= 0.3 is 6.36 Å². The molecule has 1 heterocycles. The highest BCUT2D eigenvalue weighted by Crippen LogP contribution is 2.34. The van der Waals surface area contributed by atoms with Crippen molar-refractivity contribution in [3.05, 3.63) is 48.5 Å². The molecule has 0 radical (unpaired) electrons. The van der Waals surface area contributed by atoms with Gasteiger partial charge in [-0.25, -0.2) is 4.98 Å². The molecule has 178 valence electrons. The maximum absolute atomic E-state index is 12.7. The fourth-order valence-electron chi connectivity index (χ4n) is 3.40. The minimum atomic E-state index is -4.77. The topological polar surface area (TPSA) is 43.8 Å². The van der Waals surface area contributed by atoms with E-state index < -0.39 is 6.36 Å². The largest absolute Gasteiger partial charge is 0.573 e. The van der Waals surface area contributed by atoms with Crippen LogP contribution in [0, 0.1) is 0 Å². The van der Waals surface area contributed by atoms with Crippen molar-refractivity contribution in [2.24, 2.45) is 0 Å². The van der Waals surface area contributed by atoms with Crippen LogP contribution >= 0.6 is 0 Å². The van der Waals surface area contributed by atoms with Gasteiger partial charge in [-0.2, -0.15) is 0 Å². The van der Waals surface area contributed by atoms with Crippen molar-refractivity contribution >= 4 is 10.9 Å². The summed E-state index contributed by atoms with van der Waals surface area (Å²) < 4.78 is 53.9. The third-order valence-electron chi connectivity index (χ3n) is 5.16. The van der Waals surface area contributed by atoms with Crippen LogP contribution in [-0.2, 0) is 0 Å². The molecule has 0 saturated carbocycles. The van der Waals surface area contributed by atoms with Gasteiger partial charge in [-0.1, -0.05) is 20.8 Å². The quantitative estimate of drug-likeness (QED) is 0.334. The molecule has 1 aromatic heterocycles. The Morgan fingerprint density at radius 3 is 2.18 bits per heavy atom. The van der Waals surface area contributed by atoms with Crippen LogP contribution in [0.25, 0.3) is 22.2 Å². The fraction of sp³-hybridized carbons (Fsp3) is 0.400. The second-order valence-corrected chi connectivity index (χ2v) is 7.48. The zero-order valence-corrected chi connectivity index (χ0v) is 19.1. The lowest BCUT2D eigenvalue weighted by Crippen LogP contribution is -2.27. The van der Waals surface area contributed by atoms with E-state index in [-0.39, 0.29) is 5.75 Å². The second kappa shape index (κ2) is 11.2. The first kappa shape index (κ1) is 24.6. The van der Waals surface area contributed by atoms with E-state index in [9.17, 15) is 13.2 Å². The molecule has 0 spiro atoms. The summed E-state index contributed by atoms with van der Waals surface area (Å²) in [6.07, 6.45) is -3.85. The van der Waals surface area contributed by atoms with Gasteiger partial charge in [0.1, 0.15) is 23.9 Å². The molecule has 0 bridgehead atoms. The number of alkyl halides is 3. The third kappa shape index (κ3) is 6.99. The van der Waals surface area contributed by atoms with Gasteiger partial charge in [0.25, 0.3) is 0 Å². The molecule has 33 heavy (non-hydrogen) atoms. The van der Waals surface area contributed by atoms with Crippen LogP contribution in [0.5, 0.6) is 17.2 Å². The van der Waals surface area contributed by atoms with Gasteiger partial charge in [-0.05, 0) is 62.0 Å². The first-order valence-corrected chi connectivity index (χ1v) is 11.1. The molecule has 3 aromatic rings. The first-order valence-electron chi connectivity index (χ1n) is 11.1. The Balaban J connectivity index is 1.95. The van der Waals surface area contributed by atoms with Crippen LogP contribution < -0.4 is 14.2 Å². The Kier molecular flexibility index (Phi) is 8.38.